The minimum absolute atomic E-state index is 0.0324. The van der Waals surface area contributed by atoms with Crippen LogP contribution in [-0.4, -0.2) is 12.6 Å². The average Bonchev–Trinajstić information content (AvgIpc) is 2.32. The van der Waals surface area contributed by atoms with E-state index in [9.17, 15) is 4.79 Å². The lowest BCUT2D eigenvalue weighted by molar-refractivity contribution is -0.152. The summed E-state index contributed by atoms with van der Waals surface area (Å²) >= 11 is 0. The summed E-state index contributed by atoms with van der Waals surface area (Å²) in [6, 6.07) is 0. The topological polar surface area (TPSA) is 52.3 Å². The van der Waals surface area contributed by atoms with Gasteiger partial charge in [0.05, 0.1) is 12.2 Å². The van der Waals surface area contributed by atoms with Gasteiger partial charge >= 0.3 is 5.97 Å². The Balaban J connectivity index is 2.66. The Bertz CT molecular complexity index is 416. The van der Waals surface area contributed by atoms with Crippen LogP contribution in [0.4, 0.5) is 0 Å². The molecule has 3 heteroatoms. The Kier molecular flexibility index (Phi) is 2.25. The molecule has 0 bridgehead atoms. The average molecular weight is 237 g/mol. The maximum Gasteiger partial charge on any atom is 0.336 e. The van der Waals surface area contributed by atoms with Gasteiger partial charge in [0.2, 0.25) is 0 Å². The Morgan fingerprint density at radius 3 is 2.18 bits per heavy atom. The molecule has 0 spiro atoms. The summed E-state index contributed by atoms with van der Waals surface area (Å²) in [4.78, 5) is 12.0. The SMILES string of the molecule is CC1(C)COC(=O)C2=C(N)C(C)(C)C(C)(C)C21. The standard InChI is InChI=1S/C14H23NO2/c1-12(2)7-17-11(16)8-9(12)13(3,4)14(5,6)10(8)15/h9H,7,15H2,1-6H3. The van der Waals surface area contributed by atoms with E-state index in [1.807, 2.05) is 0 Å². The molecule has 1 aliphatic heterocycles. The van der Waals surface area contributed by atoms with Crippen molar-refractivity contribution in [3.63, 3.8) is 0 Å². The summed E-state index contributed by atoms with van der Waals surface area (Å²) in [7, 11) is 0. The number of allylic oxidation sites excluding steroid dienone is 1. The second kappa shape index (κ2) is 3.06. The van der Waals surface area contributed by atoms with Crippen LogP contribution in [0.5, 0.6) is 0 Å². The number of esters is 1. The van der Waals surface area contributed by atoms with Gasteiger partial charge in [0.1, 0.15) is 0 Å². The molecule has 1 fully saturated rings. The molecular formula is C14H23NO2. The van der Waals surface area contributed by atoms with Gasteiger partial charge in [-0.3, -0.25) is 0 Å². The molecule has 1 aliphatic carbocycles. The minimum atomic E-state index is -0.217. The molecule has 0 saturated carbocycles. The first-order valence-corrected chi connectivity index (χ1v) is 6.21. The summed E-state index contributed by atoms with van der Waals surface area (Å²) in [6.45, 7) is 13.4. The second-order valence-corrected chi connectivity index (χ2v) is 7.17. The van der Waals surface area contributed by atoms with Gasteiger partial charge in [-0.15, -0.1) is 0 Å². The summed E-state index contributed by atoms with van der Waals surface area (Å²) in [5.41, 5.74) is 7.41. The zero-order valence-corrected chi connectivity index (χ0v) is 11.7. The highest BCUT2D eigenvalue weighted by atomic mass is 16.5. The number of carbonyl (C=O) groups is 1. The van der Waals surface area contributed by atoms with Crippen LogP contribution in [0.1, 0.15) is 41.5 Å². The van der Waals surface area contributed by atoms with E-state index in [-0.39, 0.29) is 28.1 Å². The van der Waals surface area contributed by atoms with Crippen molar-refractivity contribution in [1.29, 1.82) is 0 Å². The Morgan fingerprint density at radius 2 is 1.71 bits per heavy atom. The molecule has 96 valence electrons. The molecule has 0 aromatic heterocycles. The molecule has 1 atom stereocenters. The molecule has 2 rings (SSSR count). The van der Waals surface area contributed by atoms with Crippen LogP contribution in [0.15, 0.2) is 11.3 Å². The molecule has 1 saturated heterocycles. The number of hydrogen-bond acceptors (Lipinski definition) is 3. The molecule has 1 heterocycles. The monoisotopic (exact) mass is 237 g/mol. The van der Waals surface area contributed by atoms with Gasteiger partial charge in [0.15, 0.2) is 0 Å². The van der Waals surface area contributed by atoms with E-state index in [0.29, 0.717) is 12.3 Å². The highest BCUT2D eigenvalue weighted by Crippen LogP contribution is 2.63. The van der Waals surface area contributed by atoms with Crippen LogP contribution in [0.2, 0.25) is 0 Å². The maximum atomic E-state index is 12.0. The fourth-order valence-electron chi connectivity index (χ4n) is 3.57. The van der Waals surface area contributed by atoms with Crippen LogP contribution >= 0.6 is 0 Å². The first-order chi connectivity index (χ1) is 7.53. The Hall–Kier alpha value is -0.990. The van der Waals surface area contributed by atoms with Crippen LogP contribution in [0.3, 0.4) is 0 Å². The zero-order chi connectivity index (χ0) is 13.2. The predicted molar refractivity (Wildman–Crippen MR) is 67.0 cm³/mol. The lowest BCUT2D eigenvalue weighted by Crippen LogP contribution is -2.47. The third-order valence-electron chi connectivity index (χ3n) is 5.16. The van der Waals surface area contributed by atoms with Gasteiger partial charge in [-0.1, -0.05) is 41.5 Å². The van der Waals surface area contributed by atoms with Gasteiger partial charge in [-0.2, -0.15) is 0 Å². The quantitative estimate of drug-likeness (QED) is 0.658. The van der Waals surface area contributed by atoms with Crippen molar-refractivity contribution in [2.24, 2.45) is 27.9 Å². The molecule has 17 heavy (non-hydrogen) atoms. The molecule has 0 aromatic rings. The van der Waals surface area contributed by atoms with E-state index in [1.165, 1.54) is 0 Å². The lowest BCUT2D eigenvalue weighted by Gasteiger charge is -2.48. The lowest BCUT2D eigenvalue weighted by atomic mass is 9.57. The Morgan fingerprint density at radius 1 is 1.18 bits per heavy atom. The molecule has 1 unspecified atom stereocenters. The summed E-state index contributed by atoms with van der Waals surface area (Å²) in [5.74, 6) is -0.0447. The Labute approximate surface area is 103 Å². The molecule has 2 aliphatic rings. The van der Waals surface area contributed by atoms with Gasteiger partial charge < -0.3 is 10.5 Å². The summed E-state index contributed by atoms with van der Waals surface area (Å²) < 4.78 is 5.29. The van der Waals surface area contributed by atoms with Crippen LogP contribution in [0.25, 0.3) is 0 Å². The van der Waals surface area contributed by atoms with E-state index >= 15 is 0 Å². The van der Waals surface area contributed by atoms with E-state index < -0.39 is 0 Å². The first-order valence-electron chi connectivity index (χ1n) is 6.21. The largest absolute Gasteiger partial charge is 0.462 e. The summed E-state index contributed by atoms with van der Waals surface area (Å²) in [6.07, 6.45) is 0. The van der Waals surface area contributed by atoms with E-state index in [4.69, 9.17) is 10.5 Å². The van der Waals surface area contributed by atoms with E-state index in [1.54, 1.807) is 0 Å². The van der Waals surface area contributed by atoms with Gasteiger partial charge in [0.25, 0.3) is 0 Å². The van der Waals surface area contributed by atoms with Gasteiger partial charge in [0, 0.05) is 22.4 Å². The predicted octanol–water partition coefficient (Wildman–Crippen LogP) is 2.46. The minimum Gasteiger partial charge on any atom is -0.462 e. The van der Waals surface area contributed by atoms with Gasteiger partial charge in [-0.25, -0.2) is 4.79 Å². The normalized spacial score (nSPS) is 33.3. The third-order valence-corrected chi connectivity index (χ3v) is 5.16. The number of hydrogen-bond donors (Lipinski definition) is 1. The number of ether oxygens (including phenoxy) is 1. The number of carbonyl (C=O) groups excluding carboxylic acids is 1. The molecule has 3 nitrogen and oxygen atoms in total. The maximum absolute atomic E-state index is 12.0. The zero-order valence-electron chi connectivity index (χ0n) is 11.7. The highest BCUT2D eigenvalue weighted by Gasteiger charge is 2.61. The van der Waals surface area contributed by atoms with Crippen molar-refractivity contribution in [3.05, 3.63) is 11.3 Å². The number of cyclic esters (lactones) is 1. The summed E-state index contributed by atoms with van der Waals surface area (Å²) in [5, 5.41) is 0. The van der Waals surface area contributed by atoms with Crippen molar-refractivity contribution >= 4 is 5.97 Å². The van der Waals surface area contributed by atoms with Crippen molar-refractivity contribution in [1.82, 2.24) is 0 Å². The number of rotatable bonds is 0. The number of nitrogens with two attached hydrogens (primary N) is 1. The van der Waals surface area contributed by atoms with E-state index in [2.05, 4.69) is 41.5 Å². The second-order valence-electron chi connectivity index (χ2n) is 7.17. The van der Waals surface area contributed by atoms with Crippen LogP contribution < -0.4 is 5.73 Å². The molecule has 0 amide bonds. The fourth-order valence-corrected chi connectivity index (χ4v) is 3.57. The third kappa shape index (κ3) is 1.31. The number of fused-ring (bicyclic) bond motifs is 1. The smallest absolute Gasteiger partial charge is 0.336 e. The van der Waals surface area contributed by atoms with Crippen LogP contribution in [0, 0.1) is 22.2 Å². The first kappa shape index (κ1) is 12.5. The fraction of sp³-hybridized carbons (Fsp3) is 0.786. The molecule has 0 aromatic carbocycles. The molecule has 2 N–H and O–H groups in total. The van der Waals surface area contributed by atoms with E-state index in [0.717, 1.165) is 5.57 Å². The van der Waals surface area contributed by atoms with Crippen molar-refractivity contribution in [2.75, 3.05) is 6.61 Å². The van der Waals surface area contributed by atoms with Crippen molar-refractivity contribution < 1.29 is 9.53 Å². The van der Waals surface area contributed by atoms with Gasteiger partial charge in [-0.05, 0) is 5.41 Å². The van der Waals surface area contributed by atoms with Crippen molar-refractivity contribution in [2.45, 2.75) is 41.5 Å². The van der Waals surface area contributed by atoms with Crippen molar-refractivity contribution in [3.8, 4) is 0 Å². The van der Waals surface area contributed by atoms with Crippen LogP contribution in [-0.2, 0) is 9.53 Å². The highest BCUT2D eigenvalue weighted by molar-refractivity contribution is 5.92. The molecular weight excluding hydrogens is 214 g/mol. The molecule has 0 radical (unpaired) electrons.